The van der Waals surface area contributed by atoms with Crippen molar-refractivity contribution in [2.45, 2.75) is 13.8 Å². The summed E-state index contributed by atoms with van der Waals surface area (Å²) in [6, 6.07) is 5.44. The molecule has 4 nitrogen and oxygen atoms in total. The second-order valence-electron chi connectivity index (χ2n) is 2.47. The molecule has 0 spiro atoms. The van der Waals surface area contributed by atoms with Gasteiger partial charge in [0.25, 0.3) is 0 Å². The van der Waals surface area contributed by atoms with Crippen LogP contribution in [0.4, 0.5) is 0 Å². The summed E-state index contributed by atoms with van der Waals surface area (Å²) in [4.78, 5) is 18.9. The summed E-state index contributed by atoms with van der Waals surface area (Å²) >= 11 is 0. The first-order valence-electron chi connectivity index (χ1n) is 3.83. The minimum absolute atomic E-state index is 0.435. The number of hydrogen-bond acceptors (Lipinski definition) is 4. The molecule has 0 N–H and O–H groups in total. The molecule has 0 aliphatic heterocycles. The zero-order valence-electron chi connectivity index (χ0n) is 7.52. The van der Waals surface area contributed by atoms with Crippen LogP contribution in [0.2, 0.25) is 0 Å². The van der Waals surface area contributed by atoms with E-state index in [9.17, 15) is 4.79 Å². The summed E-state index contributed by atoms with van der Waals surface area (Å²) in [6.45, 7) is 3.03. The van der Waals surface area contributed by atoms with E-state index in [1.54, 1.807) is 19.2 Å². The molecule has 0 atom stereocenters. The molecule has 0 unspecified atom stereocenters. The number of rotatable bonds is 2. The average molecular weight is 178 g/mol. The monoisotopic (exact) mass is 178 g/mol. The number of aromatic nitrogens is 1. The van der Waals surface area contributed by atoms with Gasteiger partial charge in [-0.2, -0.15) is 0 Å². The average Bonchev–Trinajstić information content (AvgIpc) is 2.15. The Morgan fingerprint density at radius 2 is 2.23 bits per heavy atom. The molecular weight excluding hydrogens is 168 g/mol. The van der Waals surface area contributed by atoms with E-state index in [1.807, 2.05) is 12.1 Å². The predicted octanol–water partition coefficient (Wildman–Crippen LogP) is 1.37. The summed E-state index contributed by atoms with van der Waals surface area (Å²) < 4.78 is 0. The summed E-state index contributed by atoms with van der Waals surface area (Å²) in [5, 5.41) is 3.60. The van der Waals surface area contributed by atoms with Gasteiger partial charge in [0, 0.05) is 13.1 Å². The molecule has 1 aromatic heterocycles. The van der Waals surface area contributed by atoms with Gasteiger partial charge in [-0.25, -0.2) is 4.79 Å². The SMILES string of the molecule is CC(=O)O/N=C(/C)c1ccccn1. The minimum atomic E-state index is -0.435. The lowest BCUT2D eigenvalue weighted by Crippen LogP contribution is -2.01. The summed E-state index contributed by atoms with van der Waals surface area (Å²) in [6.07, 6.45) is 1.65. The summed E-state index contributed by atoms with van der Waals surface area (Å²) in [5.74, 6) is -0.435. The Morgan fingerprint density at radius 3 is 2.77 bits per heavy atom. The van der Waals surface area contributed by atoms with Crippen LogP contribution in [0.5, 0.6) is 0 Å². The Morgan fingerprint density at radius 1 is 1.46 bits per heavy atom. The van der Waals surface area contributed by atoms with Gasteiger partial charge >= 0.3 is 5.97 Å². The van der Waals surface area contributed by atoms with E-state index in [0.29, 0.717) is 11.4 Å². The molecular formula is C9H10N2O2. The van der Waals surface area contributed by atoms with Crippen molar-refractivity contribution < 1.29 is 9.63 Å². The van der Waals surface area contributed by atoms with Crippen molar-refractivity contribution in [2.24, 2.45) is 5.16 Å². The van der Waals surface area contributed by atoms with Crippen LogP contribution in [-0.4, -0.2) is 16.7 Å². The molecule has 4 heteroatoms. The van der Waals surface area contributed by atoms with E-state index in [0.717, 1.165) is 0 Å². The molecule has 0 saturated carbocycles. The van der Waals surface area contributed by atoms with Crippen LogP contribution in [0.1, 0.15) is 19.5 Å². The lowest BCUT2D eigenvalue weighted by molar-refractivity contribution is -0.140. The first kappa shape index (κ1) is 9.38. The van der Waals surface area contributed by atoms with Crippen LogP contribution in [0.3, 0.4) is 0 Å². The minimum Gasteiger partial charge on any atom is -0.318 e. The van der Waals surface area contributed by atoms with Crippen molar-refractivity contribution >= 4 is 11.7 Å². The van der Waals surface area contributed by atoms with E-state index in [4.69, 9.17) is 0 Å². The highest BCUT2D eigenvalue weighted by Gasteiger charge is 1.98. The van der Waals surface area contributed by atoms with Gasteiger partial charge in [-0.1, -0.05) is 11.2 Å². The second-order valence-corrected chi connectivity index (χ2v) is 2.47. The van der Waals surface area contributed by atoms with E-state index in [-0.39, 0.29) is 0 Å². The van der Waals surface area contributed by atoms with Gasteiger partial charge in [0.05, 0.1) is 5.69 Å². The van der Waals surface area contributed by atoms with Crippen molar-refractivity contribution in [3.63, 3.8) is 0 Å². The molecule has 1 rings (SSSR count). The predicted molar refractivity (Wildman–Crippen MR) is 48.2 cm³/mol. The Balaban J connectivity index is 2.73. The molecule has 0 radical (unpaired) electrons. The van der Waals surface area contributed by atoms with Crippen LogP contribution in [-0.2, 0) is 9.63 Å². The number of carbonyl (C=O) groups excluding carboxylic acids is 1. The van der Waals surface area contributed by atoms with Gasteiger partial charge in [-0.15, -0.1) is 0 Å². The zero-order valence-corrected chi connectivity index (χ0v) is 7.52. The smallest absolute Gasteiger partial charge is 0.318 e. The van der Waals surface area contributed by atoms with Crippen molar-refractivity contribution in [2.75, 3.05) is 0 Å². The number of hydrogen-bond donors (Lipinski definition) is 0. The lowest BCUT2D eigenvalue weighted by atomic mass is 10.3. The van der Waals surface area contributed by atoms with Crippen LogP contribution in [0, 0.1) is 0 Å². The van der Waals surface area contributed by atoms with Crippen molar-refractivity contribution in [3.05, 3.63) is 30.1 Å². The number of pyridine rings is 1. The Labute approximate surface area is 76.2 Å². The van der Waals surface area contributed by atoms with Crippen molar-refractivity contribution in [1.29, 1.82) is 0 Å². The van der Waals surface area contributed by atoms with E-state index >= 15 is 0 Å². The fourth-order valence-corrected chi connectivity index (χ4v) is 0.756. The Bertz CT molecular complexity index is 320. The Kier molecular flexibility index (Phi) is 3.14. The molecule has 0 aliphatic rings. The normalized spacial score (nSPS) is 11.1. The molecule has 0 aliphatic carbocycles. The molecule has 1 heterocycles. The van der Waals surface area contributed by atoms with E-state index in [2.05, 4.69) is 15.0 Å². The maximum atomic E-state index is 10.4. The first-order valence-corrected chi connectivity index (χ1v) is 3.83. The molecule has 1 aromatic rings. The molecule has 0 aromatic carbocycles. The van der Waals surface area contributed by atoms with Gasteiger partial charge < -0.3 is 4.84 Å². The molecule has 0 fully saturated rings. The standard InChI is InChI=1S/C9H10N2O2/c1-7(11-13-8(2)12)9-5-3-4-6-10-9/h3-6H,1-2H3/b11-7-. The fraction of sp³-hybridized carbons (Fsp3) is 0.222. The quantitative estimate of drug-likeness (QED) is 0.390. The van der Waals surface area contributed by atoms with Crippen LogP contribution < -0.4 is 0 Å². The third-order valence-corrected chi connectivity index (χ3v) is 1.35. The lowest BCUT2D eigenvalue weighted by Gasteiger charge is -1.97. The highest BCUT2D eigenvalue weighted by atomic mass is 16.7. The van der Waals surface area contributed by atoms with Gasteiger partial charge in [0.1, 0.15) is 5.71 Å². The molecule has 13 heavy (non-hydrogen) atoms. The molecule has 68 valence electrons. The molecule has 0 saturated heterocycles. The van der Waals surface area contributed by atoms with Gasteiger partial charge in [-0.3, -0.25) is 4.98 Å². The highest BCUT2D eigenvalue weighted by molar-refractivity contribution is 5.96. The van der Waals surface area contributed by atoms with Crippen LogP contribution in [0.15, 0.2) is 29.6 Å². The van der Waals surface area contributed by atoms with Crippen molar-refractivity contribution in [3.8, 4) is 0 Å². The largest absolute Gasteiger partial charge is 0.331 e. The summed E-state index contributed by atoms with van der Waals surface area (Å²) in [7, 11) is 0. The van der Waals surface area contributed by atoms with Crippen LogP contribution in [0.25, 0.3) is 0 Å². The third kappa shape index (κ3) is 3.02. The van der Waals surface area contributed by atoms with E-state index < -0.39 is 5.97 Å². The van der Waals surface area contributed by atoms with E-state index in [1.165, 1.54) is 6.92 Å². The van der Waals surface area contributed by atoms with Crippen molar-refractivity contribution in [1.82, 2.24) is 4.98 Å². The highest BCUT2D eigenvalue weighted by Crippen LogP contribution is 1.96. The van der Waals surface area contributed by atoms with Crippen LogP contribution >= 0.6 is 0 Å². The topological polar surface area (TPSA) is 51.5 Å². The van der Waals surface area contributed by atoms with Gasteiger partial charge in [-0.05, 0) is 19.1 Å². The number of oxime groups is 1. The molecule has 0 bridgehead atoms. The van der Waals surface area contributed by atoms with Gasteiger partial charge in [0.15, 0.2) is 0 Å². The maximum Gasteiger partial charge on any atom is 0.331 e. The number of carbonyl (C=O) groups is 1. The fourth-order valence-electron chi connectivity index (χ4n) is 0.756. The first-order chi connectivity index (χ1) is 6.20. The number of nitrogens with zero attached hydrogens (tertiary/aromatic N) is 2. The van der Waals surface area contributed by atoms with Gasteiger partial charge in [0.2, 0.25) is 0 Å². The Hall–Kier alpha value is -1.71. The summed E-state index contributed by atoms with van der Waals surface area (Å²) in [5.41, 5.74) is 1.28. The second kappa shape index (κ2) is 4.35. The third-order valence-electron chi connectivity index (χ3n) is 1.35. The maximum absolute atomic E-state index is 10.4. The zero-order chi connectivity index (χ0) is 9.68. The molecule has 0 amide bonds.